The van der Waals surface area contributed by atoms with E-state index < -0.39 is 0 Å². The van der Waals surface area contributed by atoms with Crippen LogP contribution in [0.25, 0.3) is 0 Å². The molecule has 0 spiro atoms. The van der Waals surface area contributed by atoms with Crippen LogP contribution in [0, 0.1) is 0 Å². The maximum Gasteiger partial charge on any atom is 0.126 e. The van der Waals surface area contributed by atoms with E-state index in [-0.39, 0.29) is 11.5 Å². The SMILES string of the molecule is CCN(CC)c1ccc(C=Nc2ccc(N=Cc3ccc(N(CC)CC)cc3O)cc2)c(O)c1. The summed E-state index contributed by atoms with van der Waals surface area (Å²) in [6.45, 7) is 11.9. The van der Waals surface area contributed by atoms with Gasteiger partial charge in [0.1, 0.15) is 11.5 Å². The van der Waals surface area contributed by atoms with Gasteiger partial charge < -0.3 is 20.0 Å². The zero-order chi connectivity index (χ0) is 24.5. The molecule has 0 aliphatic carbocycles. The van der Waals surface area contributed by atoms with Gasteiger partial charge in [0, 0.05) is 73.2 Å². The van der Waals surface area contributed by atoms with Gasteiger partial charge in [-0.05, 0) is 76.2 Å². The summed E-state index contributed by atoms with van der Waals surface area (Å²) in [6.07, 6.45) is 3.32. The Morgan fingerprint density at radius 3 is 1.24 bits per heavy atom. The van der Waals surface area contributed by atoms with Crippen LogP contribution in [0.15, 0.2) is 70.6 Å². The van der Waals surface area contributed by atoms with Crippen LogP contribution in [0.4, 0.5) is 22.7 Å². The zero-order valence-electron chi connectivity index (χ0n) is 20.4. The summed E-state index contributed by atoms with van der Waals surface area (Å²) in [5, 5.41) is 20.7. The smallest absolute Gasteiger partial charge is 0.126 e. The van der Waals surface area contributed by atoms with E-state index in [1.54, 1.807) is 24.6 Å². The molecular weight excluding hydrogens is 424 g/mol. The van der Waals surface area contributed by atoms with Crippen LogP contribution in [0.2, 0.25) is 0 Å². The Hall–Kier alpha value is -3.80. The molecule has 0 saturated heterocycles. The summed E-state index contributed by atoms with van der Waals surface area (Å²) in [4.78, 5) is 13.3. The fraction of sp³-hybridized carbons (Fsp3) is 0.286. The van der Waals surface area contributed by atoms with Crippen LogP contribution < -0.4 is 9.80 Å². The molecule has 3 aromatic carbocycles. The van der Waals surface area contributed by atoms with Crippen LogP contribution in [0.3, 0.4) is 0 Å². The summed E-state index contributed by atoms with van der Waals surface area (Å²) >= 11 is 0. The molecule has 6 nitrogen and oxygen atoms in total. The van der Waals surface area contributed by atoms with Gasteiger partial charge in [-0.1, -0.05) is 0 Å². The van der Waals surface area contributed by atoms with E-state index in [0.29, 0.717) is 11.1 Å². The molecule has 0 bridgehead atoms. The van der Waals surface area contributed by atoms with Gasteiger partial charge in [-0.25, -0.2) is 0 Å². The number of aliphatic imine (C=N–C) groups is 2. The predicted octanol–water partition coefficient (Wildman–Crippen LogP) is 6.29. The Morgan fingerprint density at radius 2 is 0.941 bits per heavy atom. The van der Waals surface area contributed by atoms with Crippen LogP contribution in [0.1, 0.15) is 38.8 Å². The van der Waals surface area contributed by atoms with Crippen LogP contribution in [-0.2, 0) is 0 Å². The highest BCUT2D eigenvalue weighted by Gasteiger charge is 2.07. The first-order valence-electron chi connectivity index (χ1n) is 11.8. The van der Waals surface area contributed by atoms with Gasteiger partial charge in [-0.2, -0.15) is 0 Å². The minimum absolute atomic E-state index is 0.209. The van der Waals surface area contributed by atoms with Crippen molar-refractivity contribution in [2.75, 3.05) is 36.0 Å². The first kappa shape index (κ1) is 24.8. The molecule has 0 heterocycles. The maximum absolute atomic E-state index is 10.4. The van der Waals surface area contributed by atoms with E-state index in [2.05, 4.69) is 47.5 Å². The molecule has 3 aromatic rings. The normalized spacial score (nSPS) is 11.4. The molecule has 0 aromatic heterocycles. The summed E-state index contributed by atoms with van der Waals surface area (Å²) in [7, 11) is 0. The van der Waals surface area contributed by atoms with Crippen molar-refractivity contribution in [2.24, 2.45) is 9.98 Å². The van der Waals surface area contributed by atoms with Crippen molar-refractivity contribution >= 4 is 35.2 Å². The fourth-order valence-corrected chi connectivity index (χ4v) is 3.77. The summed E-state index contributed by atoms with van der Waals surface area (Å²) in [6, 6.07) is 18.8. The lowest BCUT2D eigenvalue weighted by Gasteiger charge is -2.21. The third kappa shape index (κ3) is 6.16. The fourth-order valence-electron chi connectivity index (χ4n) is 3.77. The Morgan fingerprint density at radius 1 is 0.588 bits per heavy atom. The number of phenolic OH excluding ortho intramolecular Hbond substituents is 2. The summed E-state index contributed by atoms with van der Waals surface area (Å²) in [5.74, 6) is 0.419. The van der Waals surface area contributed by atoms with Crippen molar-refractivity contribution in [3.8, 4) is 11.5 Å². The predicted molar refractivity (Wildman–Crippen MR) is 144 cm³/mol. The molecule has 6 heteroatoms. The van der Waals surface area contributed by atoms with Crippen molar-refractivity contribution in [1.29, 1.82) is 0 Å². The van der Waals surface area contributed by atoms with Gasteiger partial charge in [-0.15, -0.1) is 0 Å². The minimum atomic E-state index is 0.209. The lowest BCUT2D eigenvalue weighted by molar-refractivity contribution is 0.474. The summed E-state index contributed by atoms with van der Waals surface area (Å²) < 4.78 is 0. The van der Waals surface area contributed by atoms with Gasteiger partial charge in [0.25, 0.3) is 0 Å². The molecule has 3 rings (SSSR count). The van der Waals surface area contributed by atoms with Crippen molar-refractivity contribution in [1.82, 2.24) is 0 Å². The topological polar surface area (TPSA) is 71.7 Å². The maximum atomic E-state index is 10.4. The average molecular weight is 459 g/mol. The monoisotopic (exact) mass is 458 g/mol. The second kappa shape index (κ2) is 11.9. The average Bonchev–Trinajstić information content (AvgIpc) is 2.85. The molecule has 0 saturated carbocycles. The number of aromatic hydroxyl groups is 2. The van der Waals surface area contributed by atoms with Crippen LogP contribution >= 0.6 is 0 Å². The molecule has 0 radical (unpaired) electrons. The van der Waals surface area contributed by atoms with E-state index in [0.717, 1.165) is 48.9 Å². The third-order valence-corrected chi connectivity index (χ3v) is 5.84. The molecule has 0 atom stereocenters. The largest absolute Gasteiger partial charge is 0.507 e. The highest BCUT2D eigenvalue weighted by Crippen LogP contribution is 2.26. The lowest BCUT2D eigenvalue weighted by atomic mass is 10.1. The highest BCUT2D eigenvalue weighted by molar-refractivity contribution is 5.87. The number of phenols is 2. The van der Waals surface area contributed by atoms with E-state index in [9.17, 15) is 10.2 Å². The van der Waals surface area contributed by atoms with Gasteiger partial charge >= 0.3 is 0 Å². The Balaban J connectivity index is 1.67. The number of anilines is 2. The van der Waals surface area contributed by atoms with E-state index in [4.69, 9.17) is 0 Å². The van der Waals surface area contributed by atoms with Crippen LogP contribution in [0.5, 0.6) is 11.5 Å². The van der Waals surface area contributed by atoms with Gasteiger partial charge in [0.05, 0.1) is 11.4 Å². The molecule has 34 heavy (non-hydrogen) atoms. The Bertz CT molecular complexity index is 1040. The van der Waals surface area contributed by atoms with Crippen molar-refractivity contribution in [3.63, 3.8) is 0 Å². The second-order valence-electron chi connectivity index (χ2n) is 7.86. The highest BCUT2D eigenvalue weighted by atomic mass is 16.3. The first-order chi connectivity index (χ1) is 16.5. The third-order valence-electron chi connectivity index (χ3n) is 5.84. The van der Waals surface area contributed by atoms with Gasteiger partial charge in [-0.3, -0.25) is 9.98 Å². The number of benzene rings is 3. The van der Waals surface area contributed by atoms with E-state index in [1.165, 1.54) is 0 Å². The lowest BCUT2D eigenvalue weighted by Crippen LogP contribution is -2.21. The standard InChI is InChI=1S/C28H34N4O2/c1-5-31(6-2)25-15-9-21(27(33)17-25)19-29-23-11-13-24(14-12-23)30-20-22-10-16-26(18-28(22)34)32(7-3)8-4/h9-20,33-34H,5-8H2,1-4H3. The molecule has 2 N–H and O–H groups in total. The zero-order valence-corrected chi connectivity index (χ0v) is 20.4. The van der Waals surface area contributed by atoms with Gasteiger partial charge in [0.2, 0.25) is 0 Å². The molecule has 0 unspecified atom stereocenters. The van der Waals surface area contributed by atoms with Crippen molar-refractivity contribution in [2.45, 2.75) is 27.7 Å². The Labute approximate surface area is 202 Å². The van der Waals surface area contributed by atoms with Crippen LogP contribution in [-0.4, -0.2) is 48.8 Å². The number of nitrogens with zero attached hydrogens (tertiary/aromatic N) is 4. The number of rotatable bonds is 10. The quantitative estimate of drug-likeness (QED) is 0.350. The molecule has 178 valence electrons. The molecule has 0 aliphatic heterocycles. The number of hydrogen-bond donors (Lipinski definition) is 2. The number of hydrogen-bond acceptors (Lipinski definition) is 6. The van der Waals surface area contributed by atoms with E-state index in [1.807, 2.05) is 48.5 Å². The molecular formula is C28H34N4O2. The molecule has 0 aliphatic rings. The first-order valence-corrected chi connectivity index (χ1v) is 11.8. The minimum Gasteiger partial charge on any atom is -0.507 e. The Kier molecular flexibility index (Phi) is 8.68. The second-order valence-corrected chi connectivity index (χ2v) is 7.86. The van der Waals surface area contributed by atoms with Gasteiger partial charge in [0.15, 0.2) is 0 Å². The molecule has 0 amide bonds. The summed E-state index contributed by atoms with van der Waals surface area (Å²) in [5.41, 5.74) is 4.85. The molecule has 0 fully saturated rings. The van der Waals surface area contributed by atoms with Crippen molar-refractivity contribution in [3.05, 3.63) is 71.8 Å². The van der Waals surface area contributed by atoms with E-state index >= 15 is 0 Å². The van der Waals surface area contributed by atoms with Crippen molar-refractivity contribution < 1.29 is 10.2 Å².